The smallest absolute Gasteiger partial charge is 0.324 e. The maximum atomic E-state index is 12.9. The molecule has 2 aliphatic carbocycles. The van der Waals surface area contributed by atoms with Crippen LogP contribution in [0.2, 0.25) is 0 Å². The summed E-state index contributed by atoms with van der Waals surface area (Å²) in [7, 11) is 0. The summed E-state index contributed by atoms with van der Waals surface area (Å²) in [5.74, 6) is 3.31. The number of carbonyl (C=O) groups is 1. The summed E-state index contributed by atoms with van der Waals surface area (Å²) in [4.78, 5) is 24.4. The Bertz CT molecular complexity index is 737. The van der Waals surface area contributed by atoms with E-state index in [0.717, 1.165) is 32.1 Å². The van der Waals surface area contributed by atoms with Gasteiger partial charge in [-0.2, -0.15) is 4.98 Å². The Balaban J connectivity index is 1.19. The number of carbonyl (C=O) groups excluding carboxylic acids is 1. The Labute approximate surface area is 167 Å². The van der Waals surface area contributed by atoms with Crippen LogP contribution in [0.3, 0.4) is 0 Å². The van der Waals surface area contributed by atoms with E-state index in [2.05, 4.69) is 45.6 Å². The molecule has 2 saturated heterocycles. The fourth-order valence-electron chi connectivity index (χ4n) is 6.33. The highest BCUT2D eigenvalue weighted by atomic mass is 16.5. The van der Waals surface area contributed by atoms with Crippen molar-refractivity contribution in [1.29, 1.82) is 0 Å². The molecule has 2 saturated carbocycles. The quantitative estimate of drug-likeness (QED) is 0.771. The minimum absolute atomic E-state index is 0.289. The first-order chi connectivity index (χ1) is 13.5. The van der Waals surface area contributed by atoms with Crippen molar-refractivity contribution in [1.82, 2.24) is 19.9 Å². The van der Waals surface area contributed by atoms with Crippen molar-refractivity contribution >= 4 is 11.9 Å². The Kier molecular flexibility index (Phi) is 4.41. The van der Waals surface area contributed by atoms with Gasteiger partial charge in [-0.25, -0.2) is 0 Å². The molecule has 5 rings (SSSR count). The predicted molar refractivity (Wildman–Crippen MR) is 106 cm³/mol. The van der Waals surface area contributed by atoms with Crippen molar-refractivity contribution in [3.8, 4) is 0 Å². The molecular weight excluding hydrogens is 354 g/mol. The van der Waals surface area contributed by atoms with E-state index in [1.807, 2.05) is 6.92 Å². The van der Waals surface area contributed by atoms with Gasteiger partial charge in [0.25, 0.3) is 0 Å². The SMILES string of the molecule is CCN(C(=O)[C@H]1[C@@H]2CN(C3CC4CC(C3)N(c3nc(C)no3)C4)C[C@@H]21)C(C)C. The van der Waals surface area contributed by atoms with Crippen molar-refractivity contribution in [2.45, 2.75) is 65.1 Å². The van der Waals surface area contributed by atoms with E-state index in [1.54, 1.807) is 0 Å². The Morgan fingerprint density at radius 1 is 1.18 bits per heavy atom. The van der Waals surface area contributed by atoms with Crippen LogP contribution in [0.1, 0.15) is 45.9 Å². The minimum Gasteiger partial charge on any atom is -0.340 e. The zero-order valence-corrected chi connectivity index (χ0v) is 17.5. The van der Waals surface area contributed by atoms with Gasteiger partial charge < -0.3 is 14.3 Å². The molecule has 3 heterocycles. The molecule has 3 unspecified atom stereocenters. The van der Waals surface area contributed by atoms with Crippen LogP contribution in [0.5, 0.6) is 0 Å². The summed E-state index contributed by atoms with van der Waals surface area (Å²) in [6.07, 6.45) is 3.70. The van der Waals surface area contributed by atoms with Crippen molar-refractivity contribution in [2.75, 3.05) is 31.1 Å². The van der Waals surface area contributed by atoms with Gasteiger partial charge in [-0.3, -0.25) is 9.69 Å². The van der Waals surface area contributed by atoms with Gasteiger partial charge >= 0.3 is 6.01 Å². The van der Waals surface area contributed by atoms with Crippen molar-refractivity contribution < 1.29 is 9.32 Å². The lowest BCUT2D eigenvalue weighted by Gasteiger charge is -2.36. The molecule has 1 aromatic rings. The molecule has 4 fully saturated rings. The average molecular weight is 388 g/mol. The summed E-state index contributed by atoms with van der Waals surface area (Å²) in [6.45, 7) is 12.3. The molecule has 0 radical (unpaired) electrons. The third-order valence-electron chi connectivity index (χ3n) is 7.68. The van der Waals surface area contributed by atoms with Gasteiger partial charge in [0.15, 0.2) is 5.82 Å². The maximum absolute atomic E-state index is 12.9. The zero-order chi connectivity index (χ0) is 19.6. The van der Waals surface area contributed by atoms with E-state index >= 15 is 0 Å². The summed E-state index contributed by atoms with van der Waals surface area (Å²) < 4.78 is 5.44. The number of fused-ring (bicyclic) bond motifs is 3. The monoisotopic (exact) mass is 387 g/mol. The van der Waals surface area contributed by atoms with Gasteiger partial charge in [0.1, 0.15) is 0 Å². The van der Waals surface area contributed by atoms with Crippen molar-refractivity contribution in [3.05, 3.63) is 5.82 Å². The second kappa shape index (κ2) is 6.71. The van der Waals surface area contributed by atoms with Crippen LogP contribution in [-0.2, 0) is 4.79 Å². The first-order valence-corrected chi connectivity index (χ1v) is 11.1. The third kappa shape index (κ3) is 2.93. The Morgan fingerprint density at radius 3 is 2.50 bits per heavy atom. The van der Waals surface area contributed by atoms with Gasteiger partial charge in [-0.05, 0) is 64.7 Å². The van der Waals surface area contributed by atoms with Gasteiger partial charge in [0.2, 0.25) is 5.91 Å². The summed E-state index contributed by atoms with van der Waals surface area (Å²) >= 11 is 0. The first kappa shape index (κ1) is 18.4. The summed E-state index contributed by atoms with van der Waals surface area (Å²) in [5, 5.41) is 3.97. The average Bonchev–Trinajstić information content (AvgIpc) is 2.99. The molecule has 154 valence electrons. The normalized spacial score (nSPS) is 36.8. The number of hydrogen-bond acceptors (Lipinski definition) is 6. The van der Waals surface area contributed by atoms with E-state index in [0.29, 0.717) is 47.7 Å². The fraction of sp³-hybridized carbons (Fsp3) is 0.857. The molecular formula is C21H33N5O2. The summed E-state index contributed by atoms with van der Waals surface area (Å²) in [5.41, 5.74) is 0. The molecule has 7 nitrogen and oxygen atoms in total. The molecule has 6 atom stereocenters. The highest BCUT2D eigenvalue weighted by molar-refractivity contribution is 5.83. The lowest BCUT2D eigenvalue weighted by atomic mass is 9.85. The fourth-order valence-corrected chi connectivity index (χ4v) is 6.33. The second-order valence-corrected chi connectivity index (χ2v) is 9.68. The van der Waals surface area contributed by atoms with Crippen molar-refractivity contribution in [3.63, 3.8) is 0 Å². The van der Waals surface area contributed by atoms with Crippen LogP contribution >= 0.6 is 0 Å². The number of amides is 1. The standard InChI is InChI=1S/C21H33N5O2/c1-5-25(12(2)3)20(27)19-17-10-24(11-18(17)19)15-6-14-7-16(8-15)26(9-14)21-22-13(4)23-28-21/h12,14-19H,5-11H2,1-4H3/t14?,15?,16?,17-,18+,19+. The van der Waals surface area contributed by atoms with Gasteiger partial charge in [-0.15, -0.1) is 0 Å². The van der Waals surface area contributed by atoms with Crippen LogP contribution in [0.15, 0.2) is 4.52 Å². The predicted octanol–water partition coefficient (Wildman–Crippen LogP) is 2.17. The van der Waals surface area contributed by atoms with Crippen molar-refractivity contribution in [2.24, 2.45) is 23.7 Å². The summed E-state index contributed by atoms with van der Waals surface area (Å²) in [6, 6.07) is 2.18. The van der Waals surface area contributed by atoms with Crippen LogP contribution < -0.4 is 4.90 Å². The highest BCUT2D eigenvalue weighted by Crippen LogP contribution is 2.54. The number of anilines is 1. The molecule has 4 aliphatic rings. The largest absolute Gasteiger partial charge is 0.340 e. The number of nitrogens with zero attached hydrogens (tertiary/aromatic N) is 5. The van der Waals surface area contributed by atoms with E-state index < -0.39 is 0 Å². The molecule has 0 aromatic carbocycles. The van der Waals surface area contributed by atoms with Gasteiger partial charge in [0.05, 0.1) is 0 Å². The van der Waals surface area contributed by atoms with Gasteiger partial charge in [-0.1, -0.05) is 5.16 Å². The Morgan fingerprint density at radius 2 is 1.89 bits per heavy atom. The van der Waals surface area contributed by atoms with Crippen LogP contribution in [-0.4, -0.2) is 70.2 Å². The number of aromatic nitrogens is 2. The molecule has 7 heteroatoms. The zero-order valence-electron chi connectivity index (χ0n) is 17.5. The van der Waals surface area contributed by atoms with Crippen LogP contribution in [0.25, 0.3) is 0 Å². The molecule has 1 aromatic heterocycles. The molecule has 2 bridgehead atoms. The van der Waals surface area contributed by atoms with Gasteiger partial charge in [0, 0.05) is 50.2 Å². The maximum Gasteiger partial charge on any atom is 0.324 e. The van der Waals surface area contributed by atoms with Crippen LogP contribution in [0, 0.1) is 30.6 Å². The highest BCUT2D eigenvalue weighted by Gasteiger charge is 2.61. The van der Waals surface area contributed by atoms with Crippen LogP contribution in [0.4, 0.5) is 6.01 Å². The van der Waals surface area contributed by atoms with E-state index in [1.165, 1.54) is 19.3 Å². The molecule has 28 heavy (non-hydrogen) atoms. The molecule has 1 amide bonds. The van der Waals surface area contributed by atoms with E-state index in [9.17, 15) is 4.79 Å². The first-order valence-electron chi connectivity index (χ1n) is 11.1. The lowest BCUT2D eigenvalue weighted by molar-refractivity contribution is -0.135. The lowest BCUT2D eigenvalue weighted by Crippen LogP contribution is -2.44. The number of piperidine rings is 1. The van der Waals surface area contributed by atoms with E-state index in [-0.39, 0.29) is 5.92 Å². The van der Waals surface area contributed by atoms with E-state index in [4.69, 9.17) is 4.52 Å². The molecule has 2 aliphatic heterocycles. The Hall–Kier alpha value is -1.63. The number of likely N-dealkylation sites (tertiary alicyclic amines) is 1. The molecule has 0 spiro atoms. The number of rotatable bonds is 5. The number of hydrogen-bond donors (Lipinski definition) is 0. The third-order valence-corrected chi connectivity index (χ3v) is 7.68. The second-order valence-electron chi connectivity index (χ2n) is 9.68. The number of aryl methyl sites for hydroxylation is 1. The topological polar surface area (TPSA) is 65.7 Å². The minimum atomic E-state index is 0.289. The molecule has 0 N–H and O–H groups in total.